The summed E-state index contributed by atoms with van der Waals surface area (Å²) in [6.45, 7) is 4.66. The molecule has 0 aromatic heterocycles. The minimum Gasteiger partial charge on any atom is -0.397 e. The first-order valence-corrected chi connectivity index (χ1v) is 7.00. The summed E-state index contributed by atoms with van der Waals surface area (Å²) in [4.78, 5) is 13.5. The molecule has 1 atom stereocenters. The molecule has 1 aromatic rings. The molecule has 1 saturated heterocycles. The zero-order valence-corrected chi connectivity index (χ0v) is 12.1. The molecule has 19 heavy (non-hydrogen) atoms. The lowest BCUT2D eigenvalue weighted by Gasteiger charge is -2.36. The predicted molar refractivity (Wildman–Crippen MR) is 80.8 cm³/mol. The zero-order chi connectivity index (χ0) is 14.0. The SMILES string of the molecule is CC(=O)Nc1cc(N2CCCC[C@H]2C)c(N)cc1Cl. The van der Waals surface area contributed by atoms with Crippen LogP contribution in [0.5, 0.6) is 0 Å². The lowest BCUT2D eigenvalue weighted by molar-refractivity contribution is -0.114. The van der Waals surface area contributed by atoms with Gasteiger partial charge in [-0.15, -0.1) is 0 Å². The van der Waals surface area contributed by atoms with Gasteiger partial charge in [-0.1, -0.05) is 11.6 Å². The Hall–Kier alpha value is -1.42. The number of nitrogens with two attached hydrogens (primary N) is 1. The maximum absolute atomic E-state index is 11.2. The Kier molecular flexibility index (Phi) is 4.20. The fraction of sp³-hybridized carbons (Fsp3) is 0.500. The quantitative estimate of drug-likeness (QED) is 0.818. The van der Waals surface area contributed by atoms with Gasteiger partial charge in [-0.2, -0.15) is 0 Å². The molecule has 0 saturated carbocycles. The van der Waals surface area contributed by atoms with E-state index < -0.39 is 0 Å². The molecule has 1 amide bonds. The van der Waals surface area contributed by atoms with E-state index in [9.17, 15) is 4.79 Å². The van der Waals surface area contributed by atoms with Crippen molar-refractivity contribution in [3.05, 3.63) is 17.2 Å². The van der Waals surface area contributed by atoms with Crippen molar-refractivity contribution in [2.24, 2.45) is 0 Å². The minimum absolute atomic E-state index is 0.135. The first-order chi connectivity index (χ1) is 8.99. The molecule has 5 heteroatoms. The molecule has 1 fully saturated rings. The van der Waals surface area contributed by atoms with Gasteiger partial charge in [-0.3, -0.25) is 4.79 Å². The Bertz CT molecular complexity index is 490. The van der Waals surface area contributed by atoms with E-state index in [0.717, 1.165) is 18.7 Å². The molecule has 1 heterocycles. The summed E-state index contributed by atoms with van der Waals surface area (Å²) in [6, 6.07) is 4.05. The van der Waals surface area contributed by atoms with Crippen molar-refractivity contribution < 1.29 is 4.79 Å². The van der Waals surface area contributed by atoms with E-state index >= 15 is 0 Å². The van der Waals surface area contributed by atoms with Gasteiger partial charge in [0.15, 0.2) is 0 Å². The highest BCUT2D eigenvalue weighted by Crippen LogP contribution is 2.36. The van der Waals surface area contributed by atoms with Crippen LogP contribution in [0, 0.1) is 0 Å². The molecule has 0 aliphatic carbocycles. The first-order valence-electron chi connectivity index (χ1n) is 6.62. The second kappa shape index (κ2) is 5.70. The number of rotatable bonds is 2. The molecule has 1 aliphatic rings. The van der Waals surface area contributed by atoms with Gasteiger partial charge in [0.05, 0.1) is 22.1 Å². The number of piperidine rings is 1. The summed E-state index contributed by atoms with van der Waals surface area (Å²) >= 11 is 6.11. The number of amides is 1. The van der Waals surface area contributed by atoms with Crippen molar-refractivity contribution in [3.63, 3.8) is 0 Å². The minimum atomic E-state index is -0.135. The van der Waals surface area contributed by atoms with E-state index in [2.05, 4.69) is 17.1 Å². The van der Waals surface area contributed by atoms with Crippen LogP contribution < -0.4 is 16.0 Å². The molecule has 1 aromatic carbocycles. The number of anilines is 3. The maximum atomic E-state index is 11.2. The largest absolute Gasteiger partial charge is 0.397 e. The molecular formula is C14H20ClN3O. The summed E-state index contributed by atoms with van der Waals surface area (Å²) in [5, 5.41) is 3.21. The zero-order valence-electron chi connectivity index (χ0n) is 11.4. The Morgan fingerprint density at radius 1 is 1.47 bits per heavy atom. The van der Waals surface area contributed by atoms with Crippen LogP contribution in [0.4, 0.5) is 17.1 Å². The van der Waals surface area contributed by atoms with Crippen LogP contribution in [0.1, 0.15) is 33.1 Å². The van der Waals surface area contributed by atoms with Gasteiger partial charge in [-0.25, -0.2) is 0 Å². The number of hydrogen-bond donors (Lipinski definition) is 2. The molecule has 0 spiro atoms. The Morgan fingerprint density at radius 2 is 2.21 bits per heavy atom. The van der Waals surface area contributed by atoms with Gasteiger partial charge < -0.3 is 16.0 Å². The monoisotopic (exact) mass is 281 g/mol. The standard InChI is InChI=1S/C14H20ClN3O/c1-9-5-3-4-6-18(9)14-8-13(17-10(2)19)11(15)7-12(14)16/h7-9H,3-6,16H2,1-2H3,(H,17,19)/t9-/m1/s1. The van der Waals surface area contributed by atoms with Crippen molar-refractivity contribution in [2.75, 3.05) is 22.5 Å². The van der Waals surface area contributed by atoms with Gasteiger partial charge in [-0.05, 0) is 38.3 Å². The smallest absolute Gasteiger partial charge is 0.221 e. The maximum Gasteiger partial charge on any atom is 0.221 e. The van der Waals surface area contributed by atoms with E-state index in [-0.39, 0.29) is 5.91 Å². The molecule has 0 unspecified atom stereocenters. The van der Waals surface area contributed by atoms with Crippen molar-refractivity contribution in [2.45, 2.75) is 39.2 Å². The Morgan fingerprint density at radius 3 is 2.84 bits per heavy atom. The number of nitrogen functional groups attached to an aromatic ring is 1. The number of halogens is 1. The lowest BCUT2D eigenvalue weighted by atomic mass is 10.0. The van der Waals surface area contributed by atoms with E-state index in [1.54, 1.807) is 6.07 Å². The van der Waals surface area contributed by atoms with Crippen LogP contribution in [0.25, 0.3) is 0 Å². The summed E-state index contributed by atoms with van der Waals surface area (Å²) in [5.74, 6) is -0.135. The van der Waals surface area contributed by atoms with E-state index in [1.165, 1.54) is 19.8 Å². The fourth-order valence-electron chi connectivity index (χ4n) is 2.57. The molecule has 4 nitrogen and oxygen atoms in total. The molecule has 3 N–H and O–H groups in total. The van der Waals surface area contributed by atoms with Gasteiger partial charge >= 0.3 is 0 Å². The molecule has 104 valence electrons. The number of carbonyl (C=O) groups is 1. The van der Waals surface area contributed by atoms with Crippen molar-refractivity contribution in [1.82, 2.24) is 0 Å². The average Bonchev–Trinajstić information content (AvgIpc) is 2.33. The second-order valence-corrected chi connectivity index (χ2v) is 5.52. The Labute approximate surface area is 118 Å². The van der Waals surface area contributed by atoms with E-state index in [4.69, 9.17) is 17.3 Å². The third kappa shape index (κ3) is 3.13. The van der Waals surface area contributed by atoms with Crippen LogP contribution in [0.3, 0.4) is 0 Å². The number of carbonyl (C=O) groups excluding carboxylic acids is 1. The number of hydrogen-bond acceptors (Lipinski definition) is 3. The molecular weight excluding hydrogens is 262 g/mol. The number of benzene rings is 1. The van der Waals surface area contributed by atoms with Crippen molar-refractivity contribution >= 4 is 34.6 Å². The van der Waals surface area contributed by atoms with Crippen molar-refractivity contribution in [1.29, 1.82) is 0 Å². The van der Waals surface area contributed by atoms with Crippen LogP contribution in [-0.2, 0) is 4.79 Å². The topological polar surface area (TPSA) is 58.4 Å². The predicted octanol–water partition coefficient (Wildman–Crippen LogP) is 3.26. The van der Waals surface area contributed by atoms with Gasteiger partial charge in [0.1, 0.15) is 0 Å². The van der Waals surface area contributed by atoms with Gasteiger partial charge in [0, 0.05) is 19.5 Å². The number of nitrogens with one attached hydrogen (secondary N) is 1. The van der Waals surface area contributed by atoms with E-state index in [0.29, 0.717) is 22.4 Å². The normalized spacial score (nSPS) is 19.3. The van der Waals surface area contributed by atoms with Gasteiger partial charge in [0.25, 0.3) is 0 Å². The second-order valence-electron chi connectivity index (χ2n) is 5.11. The highest BCUT2D eigenvalue weighted by molar-refractivity contribution is 6.34. The highest BCUT2D eigenvalue weighted by atomic mass is 35.5. The van der Waals surface area contributed by atoms with Crippen LogP contribution in [0.15, 0.2) is 12.1 Å². The van der Waals surface area contributed by atoms with Crippen molar-refractivity contribution in [3.8, 4) is 0 Å². The third-order valence-corrected chi connectivity index (χ3v) is 3.85. The lowest BCUT2D eigenvalue weighted by Crippen LogP contribution is -2.37. The summed E-state index contributed by atoms with van der Waals surface area (Å²) < 4.78 is 0. The molecule has 0 bridgehead atoms. The van der Waals surface area contributed by atoms with Crippen LogP contribution in [-0.4, -0.2) is 18.5 Å². The first kappa shape index (κ1) is 14.0. The summed E-state index contributed by atoms with van der Waals surface area (Å²) in [7, 11) is 0. The summed E-state index contributed by atoms with van der Waals surface area (Å²) in [6.07, 6.45) is 3.59. The van der Waals surface area contributed by atoms with E-state index in [1.807, 2.05) is 6.07 Å². The molecule has 1 aliphatic heterocycles. The molecule has 0 radical (unpaired) electrons. The van der Waals surface area contributed by atoms with Gasteiger partial charge in [0.2, 0.25) is 5.91 Å². The van der Waals surface area contributed by atoms with Crippen LogP contribution >= 0.6 is 11.6 Å². The van der Waals surface area contributed by atoms with Crippen LogP contribution in [0.2, 0.25) is 5.02 Å². The molecule has 2 rings (SSSR count). The Balaban J connectivity index is 2.36. The average molecular weight is 282 g/mol. The fourth-order valence-corrected chi connectivity index (χ4v) is 2.79. The highest BCUT2D eigenvalue weighted by Gasteiger charge is 2.21. The summed E-state index contributed by atoms with van der Waals surface area (Å²) in [5.41, 5.74) is 8.32. The number of nitrogens with zero attached hydrogens (tertiary/aromatic N) is 1. The third-order valence-electron chi connectivity index (χ3n) is 3.54.